The van der Waals surface area contributed by atoms with Crippen molar-refractivity contribution in [3.05, 3.63) is 36.9 Å². The maximum absolute atomic E-state index is 10.7. The molecule has 0 aliphatic heterocycles. The van der Waals surface area contributed by atoms with Crippen molar-refractivity contribution in [2.75, 3.05) is 13.2 Å². The molecule has 3 heteroatoms. The van der Waals surface area contributed by atoms with Gasteiger partial charge in [0.2, 0.25) is 0 Å². The van der Waals surface area contributed by atoms with E-state index in [2.05, 4.69) is 6.58 Å². The Kier molecular flexibility index (Phi) is 4.41. The zero-order valence-corrected chi connectivity index (χ0v) is 8.73. The average molecular weight is 206 g/mol. The molecule has 0 heterocycles. The Morgan fingerprint density at radius 3 is 2.67 bits per heavy atom. The minimum Gasteiger partial charge on any atom is -0.489 e. The summed E-state index contributed by atoms with van der Waals surface area (Å²) in [6.45, 7) is 5.58. The summed E-state index contributed by atoms with van der Waals surface area (Å²) in [5.74, 6) is 1.33. The molecular weight excluding hydrogens is 192 g/mol. The molecule has 80 valence electrons. The number of benzene rings is 1. The Morgan fingerprint density at radius 1 is 1.40 bits per heavy atom. The molecule has 0 N–H and O–H groups in total. The highest BCUT2D eigenvalue weighted by molar-refractivity contribution is 5.77. The highest BCUT2D eigenvalue weighted by Crippen LogP contribution is 2.19. The van der Waals surface area contributed by atoms with Crippen LogP contribution in [-0.4, -0.2) is 19.0 Å². The summed E-state index contributed by atoms with van der Waals surface area (Å²) < 4.78 is 10.6. The van der Waals surface area contributed by atoms with Gasteiger partial charge in [0.05, 0.1) is 0 Å². The van der Waals surface area contributed by atoms with E-state index in [1.807, 2.05) is 12.1 Å². The summed E-state index contributed by atoms with van der Waals surface area (Å²) in [6, 6.07) is 7.16. The zero-order valence-electron chi connectivity index (χ0n) is 8.73. The van der Waals surface area contributed by atoms with E-state index in [9.17, 15) is 4.79 Å². The molecule has 0 aliphatic rings. The number of rotatable bonds is 6. The van der Waals surface area contributed by atoms with Gasteiger partial charge in [0.1, 0.15) is 24.7 Å². The van der Waals surface area contributed by atoms with E-state index in [-0.39, 0.29) is 12.4 Å². The second kappa shape index (κ2) is 5.86. The average Bonchev–Trinajstić information content (AvgIpc) is 2.24. The third-order valence-electron chi connectivity index (χ3n) is 1.62. The maximum atomic E-state index is 10.7. The highest BCUT2D eigenvalue weighted by Gasteiger charge is 1.98. The first-order valence-corrected chi connectivity index (χ1v) is 4.68. The number of hydrogen-bond donors (Lipinski definition) is 0. The zero-order chi connectivity index (χ0) is 11.1. The lowest BCUT2D eigenvalue weighted by atomic mass is 10.3. The summed E-state index contributed by atoms with van der Waals surface area (Å²) in [7, 11) is 0. The van der Waals surface area contributed by atoms with Gasteiger partial charge in [0.15, 0.2) is 5.78 Å². The molecule has 1 aromatic carbocycles. The van der Waals surface area contributed by atoms with E-state index in [0.29, 0.717) is 18.1 Å². The van der Waals surface area contributed by atoms with Crippen LogP contribution in [0.1, 0.15) is 6.92 Å². The van der Waals surface area contributed by atoms with E-state index in [0.717, 1.165) is 0 Å². The fourth-order valence-corrected chi connectivity index (χ4v) is 0.994. The molecule has 3 nitrogen and oxygen atoms in total. The Hall–Kier alpha value is -1.77. The SMILES string of the molecule is C=CCOc1cccc(OCC(C)=O)c1. The topological polar surface area (TPSA) is 35.5 Å². The van der Waals surface area contributed by atoms with Crippen LogP contribution in [0.4, 0.5) is 0 Å². The summed E-state index contributed by atoms with van der Waals surface area (Å²) in [6.07, 6.45) is 1.67. The van der Waals surface area contributed by atoms with Crippen molar-refractivity contribution in [1.29, 1.82) is 0 Å². The monoisotopic (exact) mass is 206 g/mol. The molecule has 0 radical (unpaired) electrons. The Balaban J connectivity index is 2.57. The normalized spacial score (nSPS) is 9.40. The van der Waals surface area contributed by atoms with E-state index in [1.54, 1.807) is 18.2 Å². The van der Waals surface area contributed by atoms with Crippen molar-refractivity contribution >= 4 is 5.78 Å². The molecule has 1 aromatic rings. The maximum Gasteiger partial charge on any atom is 0.167 e. The summed E-state index contributed by atoms with van der Waals surface area (Å²) in [5, 5.41) is 0. The van der Waals surface area contributed by atoms with Gasteiger partial charge in [0.25, 0.3) is 0 Å². The fraction of sp³-hybridized carbons (Fsp3) is 0.250. The van der Waals surface area contributed by atoms with E-state index in [4.69, 9.17) is 9.47 Å². The number of Topliss-reactive ketones (excluding diaryl/α,β-unsaturated/α-hetero) is 1. The smallest absolute Gasteiger partial charge is 0.167 e. The van der Waals surface area contributed by atoms with Gasteiger partial charge in [-0.2, -0.15) is 0 Å². The lowest BCUT2D eigenvalue weighted by Gasteiger charge is -2.06. The number of hydrogen-bond acceptors (Lipinski definition) is 3. The lowest BCUT2D eigenvalue weighted by molar-refractivity contribution is -0.118. The predicted octanol–water partition coefficient (Wildman–Crippen LogP) is 2.22. The first kappa shape index (κ1) is 11.3. The molecule has 0 aromatic heterocycles. The lowest BCUT2D eigenvalue weighted by Crippen LogP contribution is -2.06. The van der Waals surface area contributed by atoms with Crippen LogP contribution in [-0.2, 0) is 4.79 Å². The third kappa shape index (κ3) is 4.31. The summed E-state index contributed by atoms with van der Waals surface area (Å²) in [4.78, 5) is 10.7. The molecular formula is C12H14O3. The third-order valence-corrected chi connectivity index (χ3v) is 1.62. The van der Waals surface area contributed by atoms with Crippen LogP contribution >= 0.6 is 0 Å². The number of ether oxygens (including phenoxy) is 2. The number of carbonyl (C=O) groups is 1. The van der Waals surface area contributed by atoms with Crippen LogP contribution in [0.2, 0.25) is 0 Å². The quantitative estimate of drug-likeness (QED) is 0.669. The molecule has 0 fully saturated rings. The molecule has 15 heavy (non-hydrogen) atoms. The van der Waals surface area contributed by atoms with Crippen molar-refractivity contribution < 1.29 is 14.3 Å². The van der Waals surface area contributed by atoms with Crippen LogP contribution < -0.4 is 9.47 Å². The highest BCUT2D eigenvalue weighted by atomic mass is 16.5. The molecule has 0 atom stereocenters. The molecule has 0 saturated heterocycles. The minimum atomic E-state index is -0.00703. The second-order valence-corrected chi connectivity index (χ2v) is 3.07. The van der Waals surface area contributed by atoms with Gasteiger partial charge < -0.3 is 9.47 Å². The first-order chi connectivity index (χ1) is 7.22. The minimum absolute atomic E-state index is 0.00703. The molecule has 0 aliphatic carbocycles. The van der Waals surface area contributed by atoms with E-state index >= 15 is 0 Å². The van der Waals surface area contributed by atoms with Crippen LogP contribution in [0.15, 0.2) is 36.9 Å². The summed E-state index contributed by atoms with van der Waals surface area (Å²) in [5.41, 5.74) is 0. The molecule has 1 rings (SSSR count). The van der Waals surface area contributed by atoms with Crippen LogP contribution in [0.3, 0.4) is 0 Å². The first-order valence-electron chi connectivity index (χ1n) is 4.68. The Morgan fingerprint density at radius 2 is 2.07 bits per heavy atom. The van der Waals surface area contributed by atoms with Gasteiger partial charge in [-0.1, -0.05) is 18.7 Å². The fourth-order valence-electron chi connectivity index (χ4n) is 0.994. The second-order valence-electron chi connectivity index (χ2n) is 3.07. The van der Waals surface area contributed by atoms with Gasteiger partial charge in [-0.05, 0) is 19.1 Å². The molecule has 0 unspecified atom stereocenters. The van der Waals surface area contributed by atoms with Crippen molar-refractivity contribution in [3.63, 3.8) is 0 Å². The van der Waals surface area contributed by atoms with Crippen molar-refractivity contribution in [3.8, 4) is 11.5 Å². The van der Waals surface area contributed by atoms with E-state index < -0.39 is 0 Å². The van der Waals surface area contributed by atoms with Crippen LogP contribution in [0.25, 0.3) is 0 Å². The predicted molar refractivity (Wildman–Crippen MR) is 58.3 cm³/mol. The number of carbonyl (C=O) groups excluding carboxylic acids is 1. The van der Waals surface area contributed by atoms with Crippen molar-refractivity contribution in [1.82, 2.24) is 0 Å². The van der Waals surface area contributed by atoms with Gasteiger partial charge >= 0.3 is 0 Å². The molecule has 0 bridgehead atoms. The molecule has 0 saturated carbocycles. The Bertz CT molecular complexity index is 344. The van der Waals surface area contributed by atoms with Gasteiger partial charge in [-0.25, -0.2) is 0 Å². The van der Waals surface area contributed by atoms with Gasteiger partial charge in [-0.15, -0.1) is 0 Å². The van der Waals surface area contributed by atoms with Crippen LogP contribution in [0, 0.1) is 0 Å². The van der Waals surface area contributed by atoms with Gasteiger partial charge in [0, 0.05) is 6.07 Å². The summed E-state index contributed by atoms with van der Waals surface area (Å²) >= 11 is 0. The van der Waals surface area contributed by atoms with E-state index in [1.165, 1.54) is 6.92 Å². The molecule has 0 amide bonds. The Labute approximate surface area is 89.3 Å². The van der Waals surface area contributed by atoms with Gasteiger partial charge in [-0.3, -0.25) is 4.79 Å². The van der Waals surface area contributed by atoms with Crippen molar-refractivity contribution in [2.45, 2.75) is 6.92 Å². The van der Waals surface area contributed by atoms with Crippen molar-refractivity contribution in [2.24, 2.45) is 0 Å². The number of ketones is 1. The standard InChI is InChI=1S/C12H14O3/c1-3-7-14-11-5-4-6-12(8-11)15-9-10(2)13/h3-6,8H,1,7,9H2,2H3. The largest absolute Gasteiger partial charge is 0.489 e. The molecule has 0 spiro atoms. The van der Waals surface area contributed by atoms with Crippen LogP contribution in [0.5, 0.6) is 11.5 Å².